The summed E-state index contributed by atoms with van der Waals surface area (Å²) in [7, 11) is 3.54. The molecule has 0 radical (unpaired) electrons. The quantitative estimate of drug-likeness (QED) is 0.488. The van der Waals surface area contributed by atoms with E-state index in [1.165, 1.54) is 5.48 Å². The van der Waals surface area contributed by atoms with Crippen molar-refractivity contribution in [2.24, 2.45) is 0 Å². The maximum atomic E-state index is 11.1. The fourth-order valence-electron chi connectivity index (χ4n) is 2.62. The predicted molar refractivity (Wildman–Crippen MR) is 100 cm³/mol. The number of fused-ring (bicyclic) bond motifs is 1. The first-order valence-electron chi connectivity index (χ1n) is 8.26. The first-order chi connectivity index (χ1) is 13.1. The summed E-state index contributed by atoms with van der Waals surface area (Å²) in [4.78, 5) is 22.1. The van der Waals surface area contributed by atoms with Crippen molar-refractivity contribution in [1.29, 1.82) is 0 Å². The largest absolute Gasteiger partial charge is 0.497 e. The van der Waals surface area contributed by atoms with Crippen molar-refractivity contribution < 1.29 is 19.5 Å². The number of amides is 1. The van der Waals surface area contributed by atoms with E-state index in [-0.39, 0.29) is 13.2 Å². The van der Waals surface area contributed by atoms with Crippen molar-refractivity contribution in [2.45, 2.75) is 6.61 Å². The van der Waals surface area contributed by atoms with Gasteiger partial charge < -0.3 is 14.4 Å². The molecule has 0 spiro atoms. The van der Waals surface area contributed by atoms with Gasteiger partial charge in [-0.05, 0) is 36.4 Å². The van der Waals surface area contributed by atoms with E-state index in [2.05, 4.69) is 9.97 Å². The van der Waals surface area contributed by atoms with Crippen LogP contribution in [0.15, 0.2) is 48.5 Å². The summed E-state index contributed by atoms with van der Waals surface area (Å²) in [5.41, 5.74) is 3.23. The summed E-state index contributed by atoms with van der Waals surface area (Å²) in [6.07, 6.45) is 0. The Morgan fingerprint density at radius 1 is 1.15 bits per heavy atom. The summed E-state index contributed by atoms with van der Waals surface area (Å²) in [5.74, 6) is 1.30. The standard InChI is InChI=1S/C19H20N4O4/c1-23(13-7-9-14(26-2)10-8-13)19-15-5-3-4-6-16(15)20-17(21-19)11-27-12-18(24)22-25/h3-10,25H,11-12H2,1-2H3,(H,22,24). The molecule has 0 fully saturated rings. The lowest BCUT2D eigenvalue weighted by Gasteiger charge is -2.21. The van der Waals surface area contributed by atoms with Gasteiger partial charge >= 0.3 is 0 Å². The molecule has 0 unspecified atom stereocenters. The maximum Gasteiger partial charge on any atom is 0.269 e. The topological polar surface area (TPSA) is 96.8 Å². The first-order valence-corrected chi connectivity index (χ1v) is 8.26. The van der Waals surface area contributed by atoms with Crippen LogP contribution in [0.2, 0.25) is 0 Å². The van der Waals surface area contributed by atoms with Gasteiger partial charge in [-0.1, -0.05) is 12.1 Å². The Labute approximate surface area is 156 Å². The van der Waals surface area contributed by atoms with Gasteiger partial charge in [0.1, 0.15) is 24.8 Å². The Hall–Kier alpha value is -3.23. The van der Waals surface area contributed by atoms with Crippen LogP contribution in [0.1, 0.15) is 5.82 Å². The molecule has 8 heteroatoms. The minimum atomic E-state index is -0.633. The number of benzene rings is 2. The third-order valence-corrected chi connectivity index (χ3v) is 4.00. The average molecular weight is 368 g/mol. The Morgan fingerprint density at radius 2 is 1.89 bits per heavy atom. The number of anilines is 2. The molecule has 1 heterocycles. The van der Waals surface area contributed by atoms with Crippen LogP contribution in [0, 0.1) is 0 Å². The van der Waals surface area contributed by atoms with Crippen LogP contribution in [-0.4, -0.2) is 41.8 Å². The lowest BCUT2D eigenvalue weighted by Crippen LogP contribution is -2.24. The summed E-state index contributed by atoms with van der Waals surface area (Å²) in [5, 5.41) is 9.42. The van der Waals surface area contributed by atoms with Crippen LogP contribution in [0.4, 0.5) is 11.5 Å². The van der Waals surface area contributed by atoms with Crippen molar-refractivity contribution in [3.05, 3.63) is 54.4 Å². The molecule has 0 atom stereocenters. The smallest absolute Gasteiger partial charge is 0.269 e. The molecule has 0 aliphatic carbocycles. The van der Waals surface area contributed by atoms with Crippen molar-refractivity contribution in [3.63, 3.8) is 0 Å². The lowest BCUT2D eigenvalue weighted by molar-refractivity contribution is -0.134. The third kappa shape index (κ3) is 4.30. The maximum absolute atomic E-state index is 11.1. The van der Waals surface area contributed by atoms with Crippen molar-refractivity contribution in [3.8, 4) is 5.75 Å². The molecule has 3 rings (SSSR count). The fourth-order valence-corrected chi connectivity index (χ4v) is 2.62. The number of aromatic nitrogens is 2. The summed E-state index contributed by atoms with van der Waals surface area (Å²) < 4.78 is 10.5. The van der Waals surface area contributed by atoms with E-state index in [4.69, 9.17) is 14.7 Å². The molecule has 0 saturated carbocycles. The van der Waals surface area contributed by atoms with E-state index in [0.717, 1.165) is 28.2 Å². The number of carbonyl (C=O) groups is 1. The molecule has 2 aromatic carbocycles. The SMILES string of the molecule is COc1ccc(N(C)c2nc(COCC(=O)NO)nc3ccccc23)cc1. The zero-order valence-corrected chi connectivity index (χ0v) is 15.0. The zero-order valence-electron chi connectivity index (χ0n) is 15.0. The highest BCUT2D eigenvalue weighted by molar-refractivity contribution is 5.91. The third-order valence-electron chi connectivity index (χ3n) is 4.00. The van der Waals surface area contributed by atoms with Gasteiger partial charge in [0.05, 0.1) is 12.6 Å². The number of ether oxygens (including phenoxy) is 2. The van der Waals surface area contributed by atoms with Gasteiger partial charge in [-0.15, -0.1) is 0 Å². The van der Waals surface area contributed by atoms with Crippen molar-refractivity contribution >= 4 is 28.3 Å². The van der Waals surface area contributed by atoms with Gasteiger partial charge in [-0.25, -0.2) is 15.4 Å². The number of hydroxylamine groups is 1. The second-order valence-electron chi connectivity index (χ2n) is 5.77. The number of nitrogens with one attached hydrogen (secondary N) is 1. The van der Waals surface area contributed by atoms with Crippen LogP contribution < -0.4 is 15.1 Å². The van der Waals surface area contributed by atoms with E-state index < -0.39 is 5.91 Å². The molecule has 0 aliphatic heterocycles. The highest BCUT2D eigenvalue weighted by Gasteiger charge is 2.13. The number of carbonyl (C=O) groups excluding carboxylic acids is 1. The number of para-hydroxylation sites is 1. The number of hydrogen-bond acceptors (Lipinski definition) is 7. The Balaban J connectivity index is 1.93. The molecule has 8 nitrogen and oxygen atoms in total. The van der Waals surface area contributed by atoms with Crippen LogP contribution in [0.25, 0.3) is 10.9 Å². The number of methoxy groups -OCH3 is 1. The van der Waals surface area contributed by atoms with Gasteiger partial charge in [0, 0.05) is 18.1 Å². The van der Waals surface area contributed by atoms with Crippen LogP contribution in [0.3, 0.4) is 0 Å². The minimum absolute atomic E-state index is 0.0434. The Kier molecular flexibility index (Phi) is 5.80. The first kappa shape index (κ1) is 18.6. The lowest BCUT2D eigenvalue weighted by atomic mass is 10.2. The monoisotopic (exact) mass is 368 g/mol. The Morgan fingerprint density at radius 3 is 2.59 bits per heavy atom. The van der Waals surface area contributed by atoms with E-state index in [1.54, 1.807) is 7.11 Å². The summed E-state index contributed by atoms with van der Waals surface area (Å²) in [6.45, 7) is -0.238. The van der Waals surface area contributed by atoms with Gasteiger partial charge in [0.15, 0.2) is 5.82 Å². The highest BCUT2D eigenvalue weighted by Crippen LogP contribution is 2.29. The van der Waals surface area contributed by atoms with Crippen LogP contribution in [-0.2, 0) is 16.1 Å². The van der Waals surface area contributed by atoms with Gasteiger partial charge in [-0.2, -0.15) is 0 Å². The predicted octanol–water partition coefficient (Wildman–Crippen LogP) is 2.43. The molecule has 0 aliphatic rings. The molecule has 140 valence electrons. The summed E-state index contributed by atoms with van der Waals surface area (Å²) >= 11 is 0. The highest BCUT2D eigenvalue weighted by atomic mass is 16.5. The molecule has 0 bridgehead atoms. The van der Waals surface area contributed by atoms with Crippen LogP contribution in [0.5, 0.6) is 5.75 Å². The molecule has 2 N–H and O–H groups in total. The van der Waals surface area contributed by atoms with E-state index >= 15 is 0 Å². The van der Waals surface area contributed by atoms with E-state index in [9.17, 15) is 4.79 Å². The number of hydrogen-bond donors (Lipinski definition) is 2. The molecular formula is C19H20N4O4. The normalized spacial score (nSPS) is 10.6. The molecular weight excluding hydrogens is 348 g/mol. The minimum Gasteiger partial charge on any atom is -0.497 e. The zero-order chi connectivity index (χ0) is 19.2. The second-order valence-corrected chi connectivity index (χ2v) is 5.77. The van der Waals surface area contributed by atoms with Gasteiger partial charge in [0.2, 0.25) is 0 Å². The Bertz CT molecular complexity index is 931. The van der Waals surface area contributed by atoms with E-state index in [1.807, 2.05) is 60.5 Å². The van der Waals surface area contributed by atoms with Gasteiger partial charge in [0.25, 0.3) is 5.91 Å². The molecule has 1 aromatic heterocycles. The van der Waals surface area contributed by atoms with Gasteiger partial charge in [-0.3, -0.25) is 10.0 Å². The molecule has 3 aromatic rings. The van der Waals surface area contributed by atoms with Crippen LogP contribution >= 0.6 is 0 Å². The number of nitrogens with zero attached hydrogens (tertiary/aromatic N) is 3. The summed E-state index contributed by atoms with van der Waals surface area (Å²) in [6, 6.07) is 15.3. The second kappa shape index (κ2) is 8.43. The average Bonchev–Trinajstić information content (AvgIpc) is 2.72. The van der Waals surface area contributed by atoms with Crippen molar-refractivity contribution in [2.75, 3.05) is 25.7 Å². The fraction of sp³-hybridized carbons (Fsp3) is 0.211. The van der Waals surface area contributed by atoms with E-state index in [0.29, 0.717) is 5.82 Å². The number of rotatable bonds is 7. The van der Waals surface area contributed by atoms with Crippen molar-refractivity contribution in [1.82, 2.24) is 15.4 Å². The molecule has 27 heavy (non-hydrogen) atoms. The molecule has 1 amide bonds. The molecule has 0 saturated heterocycles.